The van der Waals surface area contributed by atoms with Gasteiger partial charge < -0.3 is 9.64 Å². The Morgan fingerprint density at radius 2 is 1.95 bits per heavy atom. The molecule has 3 nitrogen and oxygen atoms in total. The molecule has 0 aromatic heterocycles. The van der Waals surface area contributed by atoms with Crippen LogP contribution in [0.1, 0.15) is 63.2 Å². The summed E-state index contributed by atoms with van der Waals surface area (Å²) in [5.74, 6) is 1.77. The monoisotopic (exact) mass is 303 g/mol. The Morgan fingerprint density at radius 3 is 2.59 bits per heavy atom. The van der Waals surface area contributed by atoms with Crippen molar-refractivity contribution in [1.29, 1.82) is 0 Å². The van der Waals surface area contributed by atoms with E-state index in [1.54, 1.807) is 0 Å². The quantitative estimate of drug-likeness (QED) is 0.684. The molecule has 0 bridgehead atoms. The van der Waals surface area contributed by atoms with Gasteiger partial charge in [-0.2, -0.15) is 0 Å². The largest absolute Gasteiger partial charge is 0.491 e. The van der Waals surface area contributed by atoms with Crippen LogP contribution in [0.2, 0.25) is 0 Å². The predicted octanol–water partition coefficient (Wildman–Crippen LogP) is 4.69. The number of ether oxygens (including phenoxy) is 1. The van der Waals surface area contributed by atoms with Gasteiger partial charge in [-0.1, -0.05) is 20.8 Å². The van der Waals surface area contributed by atoms with Crippen molar-refractivity contribution in [2.24, 2.45) is 5.92 Å². The van der Waals surface area contributed by atoms with Gasteiger partial charge in [0.25, 0.3) is 0 Å². The molecule has 3 heteroatoms. The number of carbonyl (C=O) groups is 1. The Hall–Kier alpha value is -1.51. The Balaban J connectivity index is 2.20. The van der Waals surface area contributed by atoms with Crippen LogP contribution in [-0.2, 0) is 0 Å². The molecule has 1 heterocycles. The van der Waals surface area contributed by atoms with Gasteiger partial charge in [0.15, 0.2) is 5.78 Å². The van der Waals surface area contributed by atoms with Gasteiger partial charge in [0.1, 0.15) is 5.75 Å². The van der Waals surface area contributed by atoms with Crippen molar-refractivity contribution in [2.45, 2.75) is 52.9 Å². The zero-order chi connectivity index (χ0) is 15.9. The van der Waals surface area contributed by atoms with Gasteiger partial charge in [-0.15, -0.1) is 0 Å². The maximum absolute atomic E-state index is 12.0. The van der Waals surface area contributed by atoms with Crippen LogP contribution >= 0.6 is 0 Å². The SMILES string of the molecule is CCC(=O)c1ccc(OCCC(C)C)c(N2CCCCC2)c1. The maximum Gasteiger partial charge on any atom is 0.162 e. The van der Waals surface area contributed by atoms with Gasteiger partial charge in [0.2, 0.25) is 0 Å². The van der Waals surface area contributed by atoms with Gasteiger partial charge in [-0.3, -0.25) is 4.79 Å². The van der Waals surface area contributed by atoms with Crippen molar-refractivity contribution >= 4 is 11.5 Å². The number of carbonyl (C=O) groups excluding carboxylic acids is 1. The normalized spacial score (nSPS) is 15.2. The highest BCUT2D eigenvalue weighted by Gasteiger charge is 2.17. The molecule has 1 aromatic rings. The van der Waals surface area contributed by atoms with Crippen LogP contribution in [-0.4, -0.2) is 25.5 Å². The minimum Gasteiger partial charge on any atom is -0.491 e. The first-order valence-electron chi connectivity index (χ1n) is 8.66. The fourth-order valence-electron chi connectivity index (χ4n) is 2.80. The smallest absolute Gasteiger partial charge is 0.162 e. The lowest BCUT2D eigenvalue weighted by Crippen LogP contribution is -2.30. The summed E-state index contributed by atoms with van der Waals surface area (Å²) in [7, 11) is 0. The van der Waals surface area contributed by atoms with E-state index in [4.69, 9.17) is 4.74 Å². The molecule has 0 spiro atoms. The van der Waals surface area contributed by atoms with Crippen LogP contribution in [0.5, 0.6) is 5.75 Å². The highest BCUT2D eigenvalue weighted by atomic mass is 16.5. The summed E-state index contributed by atoms with van der Waals surface area (Å²) in [5, 5.41) is 0. The zero-order valence-electron chi connectivity index (χ0n) is 14.2. The number of hydrogen-bond acceptors (Lipinski definition) is 3. The van der Waals surface area contributed by atoms with Crippen molar-refractivity contribution in [3.63, 3.8) is 0 Å². The number of ketones is 1. The molecule has 0 atom stereocenters. The molecule has 1 aromatic carbocycles. The van der Waals surface area contributed by atoms with Crippen LogP contribution in [0.3, 0.4) is 0 Å². The van der Waals surface area contributed by atoms with Gasteiger partial charge in [0.05, 0.1) is 12.3 Å². The number of nitrogens with zero attached hydrogens (tertiary/aromatic N) is 1. The van der Waals surface area contributed by atoms with Crippen LogP contribution in [0.4, 0.5) is 5.69 Å². The van der Waals surface area contributed by atoms with Gasteiger partial charge >= 0.3 is 0 Å². The van der Waals surface area contributed by atoms with Crippen molar-refractivity contribution in [3.8, 4) is 5.75 Å². The predicted molar refractivity (Wildman–Crippen MR) is 92.1 cm³/mol. The second-order valence-electron chi connectivity index (χ2n) is 6.54. The second-order valence-corrected chi connectivity index (χ2v) is 6.54. The number of piperidine rings is 1. The molecular formula is C19H29NO2. The van der Waals surface area contributed by atoms with Crippen LogP contribution in [0, 0.1) is 5.92 Å². The van der Waals surface area contributed by atoms with Crippen LogP contribution in [0.15, 0.2) is 18.2 Å². The molecule has 122 valence electrons. The zero-order valence-corrected chi connectivity index (χ0v) is 14.2. The molecule has 0 N–H and O–H groups in total. The topological polar surface area (TPSA) is 29.5 Å². The molecule has 1 aliphatic heterocycles. The molecule has 2 rings (SSSR count). The molecular weight excluding hydrogens is 274 g/mol. The van der Waals surface area contributed by atoms with Crippen molar-refractivity contribution < 1.29 is 9.53 Å². The lowest BCUT2D eigenvalue weighted by molar-refractivity contribution is 0.0988. The van der Waals surface area contributed by atoms with Crippen LogP contribution in [0.25, 0.3) is 0 Å². The summed E-state index contributed by atoms with van der Waals surface area (Å²) in [6, 6.07) is 5.92. The first-order valence-corrected chi connectivity index (χ1v) is 8.66. The van der Waals surface area contributed by atoms with E-state index < -0.39 is 0 Å². The number of anilines is 1. The Kier molecular flexibility index (Phi) is 6.29. The summed E-state index contributed by atoms with van der Waals surface area (Å²) in [5.41, 5.74) is 1.90. The molecule has 0 amide bonds. The van der Waals surface area contributed by atoms with E-state index >= 15 is 0 Å². The number of benzene rings is 1. The van der Waals surface area contributed by atoms with E-state index in [1.165, 1.54) is 19.3 Å². The Labute approximate surface area is 134 Å². The van der Waals surface area contributed by atoms with Gasteiger partial charge in [-0.05, 0) is 49.8 Å². The molecule has 1 saturated heterocycles. The molecule has 0 aliphatic carbocycles. The number of Topliss-reactive ketones (excluding diaryl/α,β-unsaturated/α-hetero) is 1. The summed E-state index contributed by atoms with van der Waals surface area (Å²) in [6.45, 7) is 9.18. The summed E-state index contributed by atoms with van der Waals surface area (Å²) in [6.07, 6.45) is 5.34. The molecule has 22 heavy (non-hydrogen) atoms. The van der Waals surface area contributed by atoms with E-state index in [2.05, 4.69) is 18.7 Å². The van der Waals surface area contributed by atoms with E-state index in [-0.39, 0.29) is 5.78 Å². The third-order valence-corrected chi connectivity index (χ3v) is 4.25. The fourth-order valence-corrected chi connectivity index (χ4v) is 2.80. The lowest BCUT2D eigenvalue weighted by atomic mass is 10.0. The van der Waals surface area contributed by atoms with Crippen LogP contribution < -0.4 is 9.64 Å². The third-order valence-electron chi connectivity index (χ3n) is 4.25. The minimum absolute atomic E-state index is 0.201. The number of hydrogen-bond donors (Lipinski definition) is 0. The lowest BCUT2D eigenvalue weighted by Gasteiger charge is -2.30. The van der Waals surface area contributed by atoms with Crippen molar-refractivity contribution in [2.75, 3.05) is 24.6 Å². The molecule has 0 radical (unpaired) electrons. The first kappa shape index (κ1) is 16.9. The molecule has 0 unspecified atom stereocenters. The molecule has 1 fully saturated rings. The van der Waals surface area contributed by atoms with E-state index in [9.17, 15) is 4.79 Å². The third kappa shape index (κ3) is 4.49. The highest BCUT2D eigenvalue weighted by Crippen LogP contribution is 2.32. The summed E-state index contributed by atoms with van der Waals surface area (Å²) < 4.78 is 6.02. The Bertz CT molecular complexity index is 490. The number of rotatable bonds is 7. The summed E-state index contributed by atoms with van der Waals surface area (Å²) >= 11 is 0. The van der Waals surface area contributed by atoms with E-state index in [0.29, 0.717) is 12.3 Å². The molecule has 0 saturated carbocycles. The first-order chi connectivity index (χ1) is 10.6. The van der Waals surface area contributed by atoms with Gasteiger partial charge in [0, 0.05) is 25.1 Å². The highest BCUT2D eigenvalue weighted by molar-refractivity contribution is 5.97. The van der Waals surface area contributed by atoms with Gasteiger partial charge in [-0.25, -0.2) is 0 Å². The second kappa shape index (κ2) is 8.21. The van der Waals surface area contributed by atoms with E-state index in [0.717, 1.165) is 43.1 Å². The average Bonchev–Trinajstić information content (AvgIpc) is 2.55. The van der Waals surface area contributed by atoms with Crippen molar-refractivity contribution in [1.82, 2.24) is 0 Å². The van der Waals surface area contributed by atoms with Crippen molar-refractivity contribution in [3.05, 3.63) is 23.8 Å². The standard InChI is InChI=1S/C19H29NO2/c1-4-18(21)16-8-9-19(22-13-10-15(2)3)17(14-16)20-11-6-5-7-12-20/h8-9,14-15H,4-7,10-13H2,1-3H3. The maximum atomic E-state index is 12.0. The summed E-state index contributed by atoms with van der Waals surface area (Å²) in [4.78, 5) is 14.4. The minimum atomic E-state index is 0.201. The Morgan fingerprint density at radius 1 is 1.23 bits per heavy atom. The average molecular weight is 303 g/mol. The van der Waals surface area contributed by atoms with E-state index in [1.807, 2.05) is 25.1 Å². The molecule has 1 aliphatic rings. The fraction of sp³-hybridized carbons (Fsp3) is 0.632.